The average Bonchev–Trinajstić information content (AvgIpc) is 2.65. The van der Waals surface area contributed by atoms with Gasteiger partial charge in [0.15, 0.2) is 5.66 Å². The topological polar surface area (TPSA) is 61.8 Å². The van der Waals surface area contributed by atoms with Crippen molar-refractivity contribution in [2.75, 3.05) is 7.11 Å². The van der Waals surface area contributed by atoms with E-state index in [-0.39, 0.29) is 13.2 Å². The lowest BCUT2D eigenvalue weighted by molar-refractivity contribution is -0.140. The summed E-state index contributed by atoms with van der Waals surface area (Å²) in [5.41, 5.74) is 0.686. The van der Waals surface area contributed by atoms with Crippen LogP contribution in [0.5, 0.6) is 0 Å². The molecule has 0 N–H and O–H groups in total. The number of rotatable bonds is 8. The maximum Gasteiger partial charge on any atom is 0.345 e. The Morgan fingerprint density at radius 3 is 1.71 bits per heavy atom. The van der Waals surface area contributed by atoms with Crippen molar-refractivity contribution in [3.05, 3.63) is 71.8 Å². The van der Waals surface area contributed by atoms with Gasteiger partial charge in [-0.15, -0.1) is 0 Å². The summed E-state index contributed by atoms with van der Waals surface area (Å²) < 4.78 is 28.9. The predicted octanol–water partition coefficient (Wildman–Crippen LogP) is 4.17. The van der Waals surface area contributed by atoms with Crippen LogP contribution in [0.3, 0.4) is 0 Å². The van der Waals surface area contributed by atoms with Gasteiger partial charge in [-0.05, 0) is 18.1 Å². The Balaban J connectivity index is 2.11. The first-order valence-electron chi connectivity index (χ1n) is 7.59. The third-order valence-corrected chi connectivity index (χ3v) is 5.66. The monoisotopic (exact) mass is 348 g/mol. The SMILES string of the molecule is COC(=O)C(C)P(=O)(OCc1ccccc1)OCc1ccccc1. The van der Waals surface area contributed by atoms with Gasteiger partial charge in [-0.25, -0.2) is 0 Å². The minimum atomic E-state index is -3.69. The molecule has 0 amide bonds. The van der Waals surface area contributed by atoms with Gasteiger partial charge in [0.05, 0.1) is 20.3 Å². The summed E-state index contributed by atoms with van der Waals surface area (Å²) in [7, 11) is -2.44. The van der Waals surface area contributed by atoms with E-state index in [2.05, 4.69) is 0 Å². The zero-order valence-corrected chi connectivity index (χ0v) is 14.6. The normalized spacial score (nSPS) is 12.6. The van der Waals surface area contributed by atoms with E-state index >= 15 is 0 Å². The van der Waals surface area contributed by atoms with Crippen molar-refractivity contribution in [3.8, 4) is 0 Å². The highest BCUT2D eigenvalue weighted by Crippen LogP contribution is 2.54. The van der Waals surface area contributed by atoms with Crippen LogP contribution in [0.25, 0.3) is 0 Å². The first-order valence-corrected chi connectivity index (χ1v) is 9.21. The van der Waals surface area contributed by atoms with Crippen molar-refractivity contribution in [3.63, 3.8) is 0 Å². The number of hydrogen-bond acceptors (Lipinski definition) is 5. The minimum absolute atomic E-state index is 0.0915. The Labute approximate surface area is 142 Å². The van der Waals surface area contributed by atoms with Crippen molar-refractivity contribution in [2.24, 2.45) is 0 Å². The van der Waals surface area contributed by atoms with Crippen LogP contribution in [0.1, 0.15) is 18.1 Å². The van der Waals surface area contributed by atoms with Crippen LogP contribution in [-0.2, 0) is 36.4 Å². The highest BCUT2D eigenvalue weighted by molar-refractivity contribution is 7.55. The quantitative estimate of drug-likeness (QED) is 0.529. The molecule has 0 spiro atoms. The first-order chi connectivity index (χ1) is 11.5. The second-order valence-corrected chi connectivity index (χ2v) is 7.63. The Morgan fingerprint density at radius 1 is 0.917 bits per heavy atom. The molecule has 0 radical (unpaired) electrons. The molecule has 0 aliphatic carbocycles. The molecule has 0 aliphatic heterocycles. The largest absolute Gasteiger partial charge is 0.468 e. The van der Waals surface area contributed by atoms with Crippen LogP contribution in [0.15, 0.2) is 60.7 Å². The van der Waals surface area contributed by atoms with Crippen molar-refractivity contribution >= 4 is 13.6 Å². The molecule has 0 heterocycles. The number of methoxy groups -OCH3 is 1. The Morgan fingerprint density at radius 2 is 1.33 bits per heavy atom. The molecule has 2 rings (SSSR count). The van der Waals surface area contributed by atoms with Gasteiger partial charge in [0.2, 0.25) is 0 Å². The molecule has 128 valence electrons. The van der Waals surface area contributed by atoms with Crippen molar-refractivity contribution in [1.29, 1.82) is 0 Å². The predicted molar refractivity (Wildman–Crippen MR) is 91.5 cm³/mol. The lowest BCUT2D eigenvalue weighted by atomic mass is 10.2. The summed E-state index contributed by atoms with van der Waals surface area (Å²) >= 11 is 0. The molecular weight excluding hydrogens is 327 g/mol. The fraction of sp³-hybridized carbons (Fsp3) is 0.278. The lowest BCUT2D eigenvalue weighted by Gasteiger charge is -2.23. The molecule has 0 aromatic heterocycles. The van der Waals surface area contributed by atoms with E-state index in [0.717, 1.165) is 11.1 Å². The zero-order chi connectivity index (χ0) is 17.4. The average molecular weight is 348 g/mol. The Kier molecular flexibility index (Phi) is 6.73. The molecule has 0 fully saturated rings. The van der Waals surface area contributed by atoms with E-state index in [4.69, 9.17) is 13.8 Å². The highest BCUT2D eigenvalue weighted by atomic mass is 31.2. The Bertz CT molecular complexity index is 640. The van der Waals surface area contributed by atoms with Crippen LogP contribution in [0.2, 0.25) is 0 Å². The van der Waals surface area contributed by atoms with Crippen LogP contribution >= 0.6 is 7.60 Å². The number of benzene rings is 2. The van der Waals surface area contributed by atoms with E-state index in [1.165, 1.54) is 14.0 Å². The van der Waals surface area contributed by atoms with Crippen LogP contribution in [-0.4, -0.2) is 18.7 Å². The summed E-state index contributed by atoms with van der Waals surface area (Å²) in [5.74, 6) is -0.626. The number of carbonyl (C=O) groups excluding carboxylic acids is 1. The van der Waals surface area contributed by atoms with E-state index in [1.54, 1.807) is 0 Å². The summed E-state index contributed by atoms with van der Waals surface area (Å²) in [6, 6.07) is 18.6. The van der Waals surface area contributed by atoms with Gasteiger partial charge >= 0.3 is 13.6 Å². The fourth-order valence-electron chi connectivity index (χ4n) is 2.04. The van der Waals surface area contributed by atoms with Crippen LogP contribution < -0.4 is 0 Å². The summed E-state index contributed by atoms with van der Waals surface area (Å²) in [5, 5.41) is 0. The highest BCUT2D eigenvalue weighted by Gasteiger charge is 2.39. The second kappa shape index (κ2) is 8.78. The van der Waals surface area contributed by atoms with Gasteiger partial charge in [-0.2, -0.15) is 0 Å². The molecule has 6 heteroatoms. The Hall–Kier alpha value is -1.94. The molecule has 0 bridgehead atoms. The van der Waals surface area contributed by atoms with Gasteiger partial charge in [-0.1, -0.05) is 60.7 Å². The standard InChI is InChI=1S/C18H21O5P/c1-15(18(19)21-2)24(20,22-13-16-9-5-3-6-10-16)23-14-17-11-7-4-8-12-17/h3-12,15H,13-14H2,1-2H3. The molecule has 2 aromatic rings. The van der Waals surface area contributed by atoms with E-state index < -0.39 is 19.2 Å². The number of esters is 1. The summed E-state index contributed by atoms with van der Waals surface area (Å²) in [4.78, 5) is 11.8. The molecule has 1 atom stereocenters. The van der Waals surface area contributed by atoms with Gasteiger partial charge in [0, 0.05) is 0 Å². The van der Waals surface area contributed by atoms with Crippen LogP contribution in [0.4, 0.5) is 0 Å². The third kappa shape index (κ3) is 5.03. The first kappa shape index (κ1) is 18.4. The fourth-order valence-corrected chi connectivity index (χ4v) is 3.58. The summed E-state index contributed by atoms with van der Waals surface area (Å²) in [6.07, 6.45) is 0. The number of hydrogen-bond donors (Lipinski definition) is 0. The lowest BCUT2D eigenvalue weighted by Crippen LogP contribution is -2.21. The van der Waals surface area contributed by atoms with E-state index in [1.807, 2.05) is 60.7 Å². The van der Waals surface area contributed by atoms with Gasteiger partial charge in [-0.3, -0.25) is 9.36 Å². The zero-order valence-electron chi connectivity index (χ0n) is 13.8. The molecule has 0 saturated heterocycles. The van der Waals surface area contributed by atoms with E-state index in [0.29, 0.717) is 0 Å². The van der Waals surface area contributed by atoms with Gasteiger partial charge in [0.1, 0.15) is 0 Å². The maximum atomic E-state index is 13.1. The number of ether oxygens (including phenoxy) is 1. The third-order valence-electron chi connectivity index (χ3n) is 3.52. The van der Waals surface area contributed by atoms with Gasteiger partial charge < -0.3 is 13.8 Å². The van der Waals surface area contributed by atoms with Crippen LogP contribution in [0, 0.1) is 0 Å². The number of carbonyl (C=O) groups is 1. The van der Waals surface area contributed by atoms with Crippen molar-refractivity contribution < 1.29 is 23.1 Å². The molecule has 0 saturated carbocycles. The summed E-state index contributed by atoms with van der Waals surface area (Å²) in [6.45, 7) is 1.67. The second-order valence-electron chi connectivity index (χ2n) is 5.26. The van der Waals surface area contributed by atoms with Crippen molar-refractivity contribution in [1.82, 2.24) is 0 Å². The van der Waals surface area contributed by atoms with Gasteiger partial charge in [0.25, 0.3) is 0 Å². The molecule has 2 aromatic carbocycles. The molecule has 24 heavy (non-hydrogen) atoms. The maximum absolute atomic E-state index is 13.1. The van der Waals surface area contributed by atoms with E-state index in [9.17, 15) is 9.36 Å². The van der Waals surface area contributed by atoms with Crippen molar-refractivity contribution in [2.45, 2.75) is 25.8 Å². The molecule has 1 unspecified atom stereocenters. The smallest absolute Gasteiger partial charge is 0.345 e. The molecular formula is C18H21O5P. The minimum Gasteiger partial charge on any atom is -0.468 e. The molecule has 0 aliphatic rings. The molecule has 5 nitrogen and oxygen atoms in total.